The van der Waals surface area contributed by atoms with Crippen LogP contribution in [0.4, 0.5) is 5.82 Å². The average molecular weight is 324 g/mol. The van der Waals surface area contributed by atoms with Crippen LogP contribution in [0.1, 0.15) is 27.2 Å². The summed E-state index contributed by atoms with van der Waals surface area (Å²) in [7, 11) is 0. The normalized spacial score (nSPS) is 18.7. The van der Waals surface area contributed by atoms with E-state index in [0.29, 0.717) is 24.4 Å². The number of nitrogens with one attached hydrogen (secondary N) is 1. The lowest BCUT2D eigenvalue weighted by molar-refractivity contribution is -0.131. The maximum Gasteiger partial charge on any atom is 0.225 e. The van der Waals surface area contributed by atoms with Crippen LogP contribution in [0, 0.1) is 0 Å². The lowest BCUT2D eigenvalue weighted by Crippen LogP contribution is -2.43. The highest BCUT2D eigenvalue weighted by Crippen LogP contribution is 2.31. The Morgan fingerprint density at radius 1 is 1.25 bits per heavy atom. The van der Waals surface area contributed by atoms with E-state index in [4.69, 9.17) is 4.42 Å². The Balaban J connectivity index is 1.67. The molecule has 0 saturated carbocycles. The van der Waals surface area contributed by atoms with Gasteiger partial charge in [-0.05, 0) is 32.9 Å². The van der Waals surface area contributed by atoms with Gasteiger partial charge in [0.1, 0.15) is 17.4 Å². The minimum Gasteiger partial charge on any atom is -0.450 e. The van der Waals surface area contributed by atoms with E-state index in [0.717, 1.165) is 16.5 Å². The molecular weight excluding hydrogens is 304 g/mol. The van der Waals surface area contributed by atoms with Crippen LogP contribution in [0.15, 0.2) is 35.0 Å². The van der Waals surface area contributed by atoms with E-state index in [-0.39, 0.29) is 17.5 Å². The first-order chi connectivity index (χ1) is 11.4. The smallest absolute Gasteiger partial charge is 0.225 e. The molecule has 3 heterocycles. The zero-order valence-corrected chi connectivity index (χ0v) is 14.0. The quantitative estimate of drug-likeness (QED) is 0.784. The zero-order valence-electron chi connectivity index (χ0n) is 14.0. The fourth-order valence-electron chi connectivity index (χ4n) is 3.27. The summed E-state index contributed by atoms with van der Waals surface area (Å²) in [5.74, 6) is 0.805. The standard InChI is InChI=1S/C18H20N4O2/c1-18(2,3)22-9-11(8-14(22)23)21-17-16-15(19-10-20-17)12-6-4-5-7-13(12)24-16/h4-7,10-11H,8-9H2,1-3H3,(H,19,20,21). The SMILES string of the molecule is CC(C)(C)N1CC(Nc2ncnc3c2oc2ccccc23)CC1=O. The molecule has 0 bridgehead atoms. The fraction of sp³-hybridized carbons (Fsp3) is 0.389. The number of hydrogen-bond donors (Lipinski definition) is 1. The van der Waals surface area contributed by atoms with E-state index in [2.05, 4.69) is 36.1 Å². The van der Waals surface area contributed by atoms with Gasteiger partial charge < -0.3 is 14.6 Å². The highest BCUT2D eigenvalue weighted by Gasteiger charge is 2.36. The summed E-state index contributed by atoms with van der Waals surface area (Å²) in [4.78, 5) is 22.8. The molecular formula is C18H20N4O2. The molecule has 1 unspecified atom stereocenters. The van der Waals surface area contributed by atoms with Crippen LogP contribution in [-0.2, 0) is 4.79 Å². The van der Waals surface area contributed by atoms with Crippen LogP contribution < -0.4 is 5.32 Å². The van der Waals surface area contributed by atoms with Gasteiger partial charge in [0.2, 0.25) is 5.91 Å². The van der Waals surface area contributed by atoms with Crippen LogP contribution in [0.2, 0.25) is 0 Å². The molecule has 1 saturated heterocycles. The number of nitrogens with zero attached hydrogens (tertiary/aromatic N) is 3. The second kappa shape index (κ2) is 5.19. The van der Waals surface area contributed by atoms with Gasteiger partial charge >= 0.3 is 0 Å². The van der Waals surface area contributed by atoms with Crippen molar-refractivity contribution in [2.45, 2.75) is 38.8 Å². The molecule has 1 aliphatic rings. The predicted octanol–water partition coefficient (Wildman–Crippen LogP) is 3.19. The number of para-hydroxylation sites is 1. The third-order valence-electron chi connectivity index (χ3n) is 4.43. The van der Waals surface area contributed by atoms with Gasteiger partial charge in [0.15, 0.2) is 11.4 Å². The number of furan rings is 1. The number of carbonyl (C=O) groups is 1. The van der Waals surface area contributed by atoms with Crippen molar-refractivity contribution in [3.63, 3.8) is 0 Å². The molecule has 24 heavy (non-hydrogen) atoms. The number of aromatic nitrogens is 2. The summed E-state index contributed by atoms with van der Waals surface area (Å²) in [6.45, 7) is 6.81. The number of anilines is 1. The van der Waals surface area contributed by atoms with E-state index < -0.39 is 0 Å². The lowest BCUT2D eigenvalue weighted by Gasteiger charge is -2.32. The number of carbonyl (C=O) groups excluding carboxylic acids is 1. The summed E-state index contributed by atoms with van der Waals surface area (Å²) >= 11 is 0. The molecule has 6 nitrogen and oxygen atoms in total. The molecule has 0 spiro atoms. The van der Waals surface area contributed by atoms with Crippen molar-refractivity contribution in [3.05, 3.63) is 30.6 Å². The van der Waals surface area contributed by atoms with Gasteiger partial charge in [0.05, 0.1) is 6.04 Å². The number of benzene rings is 1. The molecule has 3 aromatic rings. The Labute approximate surface area is 139 Å². The number of fused-ring (bicyclic) bond motifs is 3. The fourth-order valence-corrected chi connectivity index (χ4v) is 3.27. The largest absolute Gasteiger partial charge is 0.450 e. The molecule has 1 amide bonds. The van der Waals surface area contributed by atoms with Gasteiger partial charge in [-0.25, -0.2) is 9.97 Å². The molecule has 0 radical (unpaired) electrons. The zero-order chi connectivity index (χ0) is 16.9. The number of rotatable bonds is 2. The van der Waals surface area contributed by atoms with Crippen molar-refractivity contribution in [2.75, 3.05) is 11.9 Å². The highest BCUT2D eigenvalue weighted by atomic mass is 16.3. The van der Waals surface area contributed by atoms with Gasteiger partial charge in [0.25, 0.3) is 0 Å². The number of likely N-dealkylation sites (tertiary alicyclic amines) is 1. The maximum absolute atomic E-state index is 12.3. The third-order valence-corrected chi connectivity index (χ3v) is 4.43. The van der Waals surface area contributed by atoms with Crippen molar-refractivity contribution in [1.29, 1.82) is 0 Å². The molecule has 0 aliphatic carbocycles. The van der Waals surface area contributed by atoms with Crippen LogP contribution in [0.3, 0.4) is 0 Å². The maximum atomic E-state index is 12.3. The Hall–Kier alpha value is -2.63. The number of amides is 1. The van der Waals surface area contributed by atoms with Crippen LogP contribution >= 0.6 is 0 Å². The Morgan fingerprint density at radius 3 is 2.79 bits per heavy atom. The molecule has 1 N–H and O–H groups in total. The summed E-state index contributed by atoms with van der Waals surface area (Å²) < 4.78 is 5.93. The first kappa shape index (κ1) is 14.9. The van der Waals surface area contributed by atoms with Crippen LogP contribution in [-0.4, -0.2) is 38.9 Å². The highest BCUT2D eigenvalue weighted by molar-refractivity contribution is 6.05. The molecule has 4 rings (SSSR count). The Kier molecular flexibility index (Phi) is 3.23. The van der Waals surface area contributed by atoms with Crippen molar-refractivity contribution < 1.29 is 9.21 Å². The molecule has 124 valence electrons. The molecule has 2 aromatic heterocycles. The minimum absolute atomic E-state index is 0.0167. The molecule has 1 atom stereocenters. The lowest BCUT2D eigenvalue weighted by atomic mass is 10.1. The van der Waals surface area contributed by atoms with Gasteiger partial charge in [-0.1, -0.05) is 12.1 Å². The van der Waals surface area contributed by atoms with Crippen molar-refractivity contribution in [2.24, 2.45) is 0 Å². The Bertz CT molecular complexity index is 926. The van der Waals surface area contributed by atoms with E-state index in [9.17, 15) is 4.79 Å². The monoisotopic (exact) mass is 324 g/mol. The topological polar surface area (TPSA) is 71.3 Å². The van der Waals surface area contributed by atoms with Gasteiger partial charge in [-0.3, -0.25) is 4.79 Å². The van der Waals surface area contributed by atoms with Crippen LogP contribution in [0.5, 0.6) is 0 Å². The first-order valence-electron chi connectivity index (χ1n) is 8.13. The second-order valence-corrected chi connectivity index (χ2v) is 7.22. The molecule has 6 heteroatoms. The minimum atomic E-state index is -0.173. The van der Waals surface area contributed by atoms with E-state index in [1.807, 2.05) is 29.2 Å². The van der Waals surface area contributed by atoms with E-state index in [1.165, 1.54) is 6.33 Å². The summed E-state index contributed by atoms with van der Waals surface area (Å²) in [5, 5.41) is 4.34. The Morgan fingerprint density at radius 2 is 2.04 bits per heavy atom. The van der Waals surface area contributed by atoms with Crippen molar-refractivity contribution in [3.8, 4) is 0 Å². The van der Waals surface area contributed by atoms with E-state index >= 15 is 0 Å². The van der Waals surface area contributed by atoms with Crippen LogP contribution in [0.25, 0.3) is 22.1 Å². The molecule has 1 aliphatic heterocycles. The average Bonchev–Trinajstić information content (AvgIpc) is 3.08. The van der Waals surface area contributed by atoms with Gasteiger partial charge in [0, 0.05) is 23.9 Å². The molecule has 1 aromatic carbocycles. The summed E-state index contributed by atoms with van der Waals surface area (Å²) in [6, 6.07) is 7.81. The second-order valence-electron chi connectivity index (χ2n) is 7.22. The van der Waals surface area contributed by atoms with Crippen molar-refractivity contribution >= 4 is 33.8 Å². The molecule has 1 fully saturated rings. The van der Waals surface area contributed by atoms with Gasteiger partial charge in [-0.2, -0.15) is 0 Å². The number of hydrogen-bond acceptors (Lipinski definition) is 5. The van der Waals surface area contributed by atoms with Gasteiger partial charge in [-0.15, -0.1) is 0 Å². The van der Waals surface area contributed by atoms with Crippen molar-refractivity contribution in [1.82, 2.24) is 14.9 Å². The first-order valence-corrected chi connectivity index (χ1v) is 8.13. The predicted molar refractivity (Wildman–Crippen MR) is 92.8 cm³/mol. The third kappa shape index (κ3) is 2.38. The summed E-state index contributed by atoms with van der Waals surface area (Å²) in [5.41, 5.74) is 2.05. The summed E-state index contributed by atoms with van der Waals surface area (Å²) in [6.07, 6.45) is 1.99. The van der Waals surface area contributed by atoms with E-state index in [1.54, 1.807) is 0 Å².